The summed E-state index contributed by atoms with van der Waals surface area (Å²) in [4.78, 5) is 38.1. The second-order valence-electron chi connectivity index (χ2n) is 20.5. The average molecular weight is 892 g/mol. The number of hydrogen-bond acceptors (Lipinski definition) is 6. The van der Waals surface area contributed by atoms with Crippen LogP contribution in [0.3, 0.4) is 0 Å². The third-order valence-electron chi connectivity index (χ3n) is 13.0. The lowest BCUT2D eigenvalue weighted by atomic mass is 10.0. The quantitative estimate of drug-likeness (QED) is 0.0344. The number of carbonyl (C=O) groups is 3. The van der Waals surface area contributed by atoms with Crippen LogP contribution in [0.15, 0.2) is 0 Å². The maximum Gasteiger partial charge on any atom is 0.306 e. The SMILES string of the molecule is CCCCCCCCCCCCCCCCC(=O)OC[C@@H](COC(=O)CCCCCCCCCCCCCCC(C)C)OC(=O)CCCCCCCCCCCCCCCC(C)C. The van der Waals surface area contributed by atoms with E-state index in [1.807, 2.05) is 0 Å². The Kier molecular flexibility index (Phi) is 48.6. The number of carbonyl (C=O) groups excluding carboxylic acids is 3. The van der Waals surface area contributed by atoms with Crippen molar-refractivity contribution in [1.82, 2.24) is 0 Å². The van der Waals surface area contributed by atoms with Gasteiger partial charge in [0.2, 0.25) is 0 Å². The van der Waals surface area contributed by atoms with Crippen molar-refractivity contribution in [2.45, 2.75) is 323 Å². The lowest BCUT2D eigenvalue weighted by Crippen LogP contribution is -2.30. The fourth-order valence-corrected chi connectivity index (χ4v) is 8.70. The van der Waals surface area contributed by atoms with Gasteiger partial charge in [-0.15, -0.1) is 0 Å². The molecule has 374 valence electrons. The van der Waals surface area contributed by atoms with Gasteiger partial charge in [0.05, 0.1) is 0 Å². The van der Waals surface area contributed by atoms with Crippen LogP contribution in [0, 0.1) is 11.8 Å². The van der Waals surface area contributed by atoms with Crippen LogP contribution < -0.4 is 0 Å². The van der Waals surface area contributed by atoms with E-state index in [1.165, 1.54) is 205 Å². The smallest absolute Gasteiger partial charge is 0.306 e. The van der Waals surface area contributed by atoms with Crippen LogP contribution in [0.25, 0.3) is 0 Å². The Morgan fingerprint density at radius 1 is 0.302 bits per heavy atom. The van der Waals surface area contributed by atoms with Crippen LogP contribution >= 0.6 is 0 Å². The van der Waals surface area contributed by atoms with Crippen molar-refractivity contribution in [1.29, 1.82) is 0 Å². The molecule has 0 bridgehead atoms. The van der Waals surface area contributed by atoms with Gasteiger partial charge in [-0.25, -0.2) is 0 Å². The van der Waals surface area contributed by atoms with Gasteiger partial charge in [-0.3, -0.25) is 14.4 Å². The first kappa shape index (κ1) is 61.4. The highest BCUT2D eigenvalue weighted by atomic mass is 16.6. The summed E-state index contributed by atoms with van der Waals surface area (Å²) in [6, 6.07) is 0. The zero-order valence-corrected chi connectivity index (χ0v) is 43.2. The zero-order valence-electron chi connectivity index (χ0n) is 43.2. The van der Waals surface area contributed by atoms with Crippen molar-refractivity contribution in [2.24, 2.45) is 11.8 Å². The number of esters is 3. The Hall–Kier alpha value is -1.59. The van der Waals surface area contributed by atoms with Crippen LogP contribution in [-0.4, -0.2) is 37.2 Å². The van der Waals surface area contributed by atoms with E-state index in [1.54, 1.807) is 0 Å². The fourth-order valence-electron chi connectivity index (χ4n) is 8.70. The average Bonchev–Trinajstić information content (AvgIpc) is 3.25. The molecule has 0 heterocycles. The van der Waals surface area contributed by atoms with E-state index in [0.29, 0.717) is 19.3 Å². The van der Waals surface area contributed by atoms with E-state index < -0.39 is 6.10 Å². The first-order chi connectivity index (χ1) is 30.7. The molecule has 0 aromatic rings. The van der Waals surface area contributed by atoms with Gasteiger partial charge in [-0.2, -0.15) is 0 Å². The van der Waals surface area contributed by atoms with E-state index in [-0.39, 0.29) is 31.1 Å². The van der Waals surface area contributed by atoms with Crippen LogP contribution in [0.1, 0.15) is 317 Å². The molecule has 0 aliphatic rings. The minimum absolute atomic E-state index is 0.0628. The number of rotatable bonds is 51. The largest absolute Gasteiger partial charge is 0.462 e. The van der Waals surface area contributed by atoms with Gasteiger partial charge in [0.1, 0.15) is 13.2 Å². The van der Waals surface area contributed by atoms with Crippen molar-refractivity contribution in [3.63, 3.8) is 0 Å². The fraction of sp³-hybridized carbons (Fsp3) is 0.947. The highest BCUT2D eigenvalue weighted by molar-refractivity contribution is 5.71. The summed E-state index contributed by atoms with van der Waals surface area (Å²) in [5.41, 5.74) is 0. The van der Waals surface area contributed by atoms with Crippen molar-refractivity contribution in [3.05, 3.63) is 0 Å². The molecule has 0 saturated carbocycles. The number of ether oxygens (including phenoxy) is 3. The molecule has 0 aromatic heterocycles. The van der Waals surface area contributed by atoms with Gasteiger partial charge in [0, 0.05) is 19.3 Å². The first-order valence-electron chi connectivity index (χ1n) is 28.2. The molecule has 0 aromatic carbocycles. The van der Waals surface area contributed by atoms with Crippen molar-refractivity contribution >= 4 is 17.9 Å². The minimum Gasteiger partial charge on any atom is -0.462 e. The molecular weight excluding hydrogens is 781 g/mol. The van der Waals surface area contributed by atoms with E-state index in [2.05, 4.69) is 34.6 Å². The molecule has 0 aliphatic heterocycles. The molecular formula is C57H110O6. The monoisotopic (exact) mass is 891 g/mol. The Bertz CT molecular complexity index is 962. The van der Waals surface area contributed by atoms with Crippen LogP contribution in [0.5, 0.6) is 0 Å². The molecule has 0 N–H and O–H groups in total. The van der Waals surface area contributed by atoms with Gasteiger partial charge < -0.3 is 14.2 Å². The molecule has 6 heteroatoms. The summed E-state index contributed by atoms with van der Waals surface area (Å²) in [5, 5.41) is 0. The van der Waals surface area contributed by atoms with E-state index in [9.17, 15) is 14.4 Å². The van der Waals surface area contributed by atoms with E-state index >= 15 is 0 Å². The maximum absolute atomic E-state index is 12.8. The Morgan fingerprint density at radius 2 is 0.524 bits per heavy atom. The van der Waals surface area contributed by atoms with Gasteiger partial charge in [-0.05, 0) is 31.1 Å². The molecule has 1 atom stereocenters. The summed E-state index contributed by atoms with van der Waals surface area (Å²) in [6.45, 7) is 11.4. The summed E-state index contributed by atoms with van der Waals surface area (Å²) in [6.07, 6.45) is 52.3. The van der Waals surface area contributed by atoms with E-state index in [0.717, 1.165) is 69.6 Å². The molecule has 63 heavy (non-hydrogen) atoms. The van der Waals surface area contributed by atoms with Crippen LogP contribution in [0.2, 0.25) is 0 Å². The highest BCUT2D eigenvalue weighted by Crippen LogP contribution is 2.18. The van der Waals surface area contributed by atoms with Crippen LogP contribution in [-0.2, 0) is 28.6 Å². The molecule has 0 saturated heterocycles. The van der Waals surface area contributed by atoms with Gasteiger partial charge >= 0.3 is 17.9 Å². The number of hydrogen-bond donors (Lipinski definition) is 0. The zero-order chi connectivity index (χ0) is 46.1. The highest BCUT2D eigenvalue weighted by Gasteiger charge is 2.19. The van der Waals surface area contributed by atoms with Gasteiger partial charge in [-0.1, -0.05) is 279 Å². The second kappa shape index (κ2) is 49.8. The normalized spacial score (nSPS) is 12.0. The molecule has 0 spiro atoms. The first-order valence-corrected chi connectivity index (χ1v) is 28.2. The maximum atomic E-state index is 12.8. The molecule has 0 fully saturated rings. The van der Waals surface area contributed by atoms with Crippen molar-refractivity contribution < 1.29 is 28.6 Å². The predicted octanol–water partition coefficient (Wildman–Crippen LogP) is 18.5. The second-order valence-corrected chi connectivity index (χ2v) is 20.5. The lowest BCUT2D eigenvalue weighted by Gasteiger charge is -2.18. The number of unbranched alkanes of at least 4 members (excludes halogenated alkanes) is 36. The summed E-state index contributed by atoms with van der Waals surface area (Å²) >= 11 is 0. The third-order valence-corrected chi connectivity index (χ3v) is 13.0. The molecule has 0 amide bonds. The van der Waals surface area contributed by atoms with Crippen molar-refractivity contribution in [3.8, 4) is 0 Å². The third kappa shape index (κ3) is 51.3. The lowest BCUT2D eigenvalue weighted by molar-refractivity contribution is -0.167. The van der Waals surface area contributed by atoms with Crippen molar-refractivity contribution in [2.75, 3.05) is 13.2 Å². The molecule has 6 nitrogen and oxygen atoms in total. The summed E-state index contributed by atoms with van der Waals surface area (Å²) in [5.74, 6) is 0.832. The Labute approximate surface area is 393 Å². The molecule has 0 aliphatic carbocycles. The Morgan fingerprint density at radius 3 is 0.778 bits per heavy atom. The van der Waals surface area contributed by atoms with Gasteiger partial charge in [0.15, 0.2) is 6.10 Å². The molecule has 0 unspecified atom stereocenters. The van der Waals surface area contributed by atoms with Gasteiger partial charge in [0.25, 0.3) is 0 Å². The predicted molar refractivity (Wildman–Crippen MR) is 270 cm³/mol. The minimum atomic E-state index is -0.762. The summed E-state index contributed by atoms with van der Waals surface area (Å²) in [7, 11) is 0. The summed E-state index contributed by atoms with van der Waals surface area (Å²) < 4.78 is 16.9. The van der Waals surface area contributed by atoms with E-state index in [4.69, 9.17) is 14.2 Å². The molecule has 0 rings (SSSR count). The topological polar surface area (TPSA) is 78.9 Å². The van der Waals surface area contributed by atoms with Crippen LogP contribution in [0.4, 0.5) is 0 Å². The standard InChI is InChI=1S/C57H110O6/c1-6-7-8-9-10-11-12-13-16-22-27-32-37-42-47-55(58)61-50-54(51-62-56(59)48-43-38-33-28-23-19-18-21-26-31-36-41-46-53(4)5)63-57(60)49-44-39-34-29-24-17-14-15-20-25-30-35-40-45-52(2)3/h52-54H,6-51H2,1-5H3/t54-/m0/s1. The Balaban J connectivity index is 4.31. The molecule has 0 radical (unpaired) electrons.